The van der Waals surface area contributed by atoms with Gasteiger partial charge in [-0.15, -0.1) is 24.0 Å². The minimum atomic E-state index is 0. The van der Waals surface area contributed by atoms with Crippen LogP contribution in [0.4, 0.5) is 0 Å². The molecule has 0 saturated carbocycles. The van der Waals surface area contributed by atoms with Crippen molar-refractivity contribution < 1.29 is 9.47 Å². The SMILES string of the molecule is CCNC(=NCc1ccc(OCCOC)nc1)NCC(C)c1ccccc1.I. The van der Waals surface area contributed by atoms with E-state index in [1.807, 2.05) is 18.2 Å². The van der Waals surface area contributed by atoms with Crippen molar-refractivity contribution in [1.29, 1.82) is 0 Å². The van der Waals surface area contributed by atoms with Crippen molar-refractivity contribution in [3.8, 4) is 5.88 Å². The molecule has 0 aliphatic carbocycles. The van der Waals surface area contributed by atoms with Crippen LogP contribution in [-0.4, -0.2) is 44.4 Å². The van der Waals surface area contributed by atoms with E-state index in [4.69, 9.17) is 9.47 Å². The van der Waals surface area contributed by atoms with Crippen LogP contribution in [0.2, 0.25) is 0 Å². The summed E-state index contributed by atoms with van der Waals surface area (Å²) in [5.41, 5.74) is 2.34. The van der Waals surface area contributed by atoms with E-state index in [9.17, 15) is 0 Å². The first-order valence-electron chi connectivity index (χ1n) is 9.36. The van der Waals surface area contributed by atoms with E-state index in [0.717, 1.165) is 24.6 Å². The Bertz CT molecular complexity index is 681. The summed E-state index contributed by atoms with van der Waals surface area (Å²) in [6.45, 7) is 7.50. The number of nitrogens with zero attached hydrogens (tertiary/aromatic N) is 2. The van der Waals surface area contributed by atoms with Gasteiger partial charge in [-0.2, -0.15) is 0 Å². The number of halogens is 1. The second-order valence-electron chi connectivity index (χ2n) is 6.23. The Kier molecular flexibility index (Phi) is 12.2. The topological polar surface area (TPSA) is 67.8 Å². The molecule has 2 N–H and O–H groups in total. The fraction of sp³-hybridized carbons (Fsp3) is 0.429. The molecule has 1 aromatic heterocycles. The molecule has 1 atom stereocenters. The molecule has 2 aromatic rings. The van der Waals surface area contributed by atoms with Crippen molar-refractivity contribution in [3.05, 3.63) is 59.8 Å². The molecule has 28 heavy (non-hydrogen) atoms. The van der Waals surface area contributed by atoms with Crippen molar-refractivity contribution in [1.82, 2.24) is 15.6 Å². The van der Waals surface area contributed by atoms with Crippen LogP contribution in [0.3, 0.4) is 0 Å². The smallest absolute Gasteiger partial charge is 0.213 e. The summed E-state index contributed by atoms with van der Waals surface area (Å²) in [7, 11) is 1.65. The number of hydrogen-bond acceptors (Lipinski definition) is 4. The highest BCUT2D eigenvalue weighted by molar-refractivity contribution is 14.0. The minimum Gasteiger partial charge on any atom is -0.475 e. The number of ether oxygens (including phenoxy) is 2. The lowest BCUT2D eigenvalue weighted by Gasteiger charge is -2.16. The summed E-state index contributed by atoms with van der Waals surface area (Å²) in [6.07, 6.45) is 1.79. The molecule has 7 heteroatoms. The number of nitrogens with one attached hydrogen (secondary N) is 2. The number of rotatable bonds is 10. The monoisotopic (exact) mass is 498 g/mol. The molecule has 0 saturated heterocycles. The molecule has 1 aromatic carbocycles. The zero-order chi connectivity index (χ0) is 19.3. The van der Waals surface area contributed by atoms with Gasteiger partial charge in [-0.25, -0.2) is 9.98 Å². The highest BCUT2D eigenvalue weighted by Gasteiger charge is 2.06. The first-order chi connectivity index (χ1) is 13.2. The normalized spacial score (nSPS) is 12.0. The van der Waals surface area contributed by atoms with Crippen molar-refractivity contribution in [2.24, 2.45) is 4.99 Å². The van der Waals surface area contributed by atoms with Crippen LogP contribution in [0.5, 0.6) is 5.88 Å². The molecule has 0 spiro atoms. The second-order valence-corrected chi connectivity index (χ2v) is 6.23. The number of hydrogen-bond donors (Lipinski definition) is 2. The number of aliphatic imine (C=N–C) groups is 1. The minimum absolute atomic E-state index is 0. The van der Waals surface area contributed by atoms with Gasteiger partial charge in [-0.05, 0) is 24.0 Å². The first-order valence-corrected chi connectivity index (χ1v) is 9.36. The van der Waals surface area contributed by atoms with Crippen LogP contribution in [-0.2, 0) is 11.3 Å². The van der Waals surface area contributed by atoms with Gasteiger partial charge in [0.25, 0.3) is 0 Å². The van der Waals surface area contributed by atoms with Gasteiger partial charge in [-0.3, -0.25) is 0 Å². The number of aromatic nitrogens is 1. The van der Waals surface area contributed by atoms with Gasteiger partial charge in [0.15, 0.2) is 5.96 Å². The van der Waals surface area contributed by atoms with Crippen LogP contribution in [0.15, 0.2) is 53.7 Å². The van der Waals surface area contributed by atoms with Crippen LogP contribution in [0.1, 0.15) is 30.9 Å². The number of guanidine groups is 1. The Morgan fingerprint density at radius 3 is 2.54 bits per heavy atom. The zero-order valence-electron chi connectivity index (χ0n) is 16.9. The fourth-order valence-corrected chi connectivity index (χ4v) is 2.48. The third kappa shape index (κ3) is 8.88. The molecule has 154 valence electrons. The summed E-state index contributed by atoms with van der Waals surface area (Å²) in [5.74, 6) is 1.81. The second kappa shape index (κ2) is 14.2. The first kappa shape index (κ1) is 24.2. The number of benzene rings is 1. The Labute approximate surface area is 185 Å². The van der Waals surface area contributed by atoms with Gasteiger partial charge in [0.05, 0.1) is 13.2 Å². The Balaban J connectivity index is 0.00000392. The van der Waals surface area contributed by atoms with Gasteiger partial charge in [0.2, 0.25) is 5.88 Å². The lowest BCUT2D eigenvalue weighted by Crippen LogP contribution is -2.39. The lowest BCUT2D eigenvalue weighted by atomic mass is 10.0. The maximum absolute atomic E-state index is 5.48. The predicted molar refractivity (Wildman–Crippen MR) is 125 cm³/mol. The van der Waals surface area contributed by atoms with E-state index in [2.05, 4.69) is 58.7 Å². The van der Waals surface area contributed by atoms with Gasteiger partial charge < -0.3 is 20.1 Å². The molecule has 0 aliphatic rings. The van der Waals surface area contributed by atoms with E-state index in [0.29, 0.717) is 31.6 Å². The third-order valence-corrected chi connectivity index (χ3v) is 4.04. The van der Waals surface area contributed by atoms with Gasteiger partial charge >= 0.3 is 0 Å². The van der Waals surface area contributed by atoms with E-state index < -0.39 is 0 Å². The zero-order valence-corrected chi connectivity index (χ0v) is 19.2. The van der Waals surface area contributed by atoms with Crippen LogP contribution < -0.4 is 15.4 Å². The van der Waals surface area contributed by atoms with E-state index in [1.54, 1.807) is 13.3 Å². The highest BCUT2D eigenvalue weighted by atomic mass is 127. The molecular formula is C21H31IN4O2. The molecular weight excluding hydrogens is 467 g/mol. The third-order valence-electron chi connectivity index (χ3n) is 4.04. The lowest BCUT2D eigenvalue weighted by molar-refractivity contribution is 0.143. The average molecular weight is 498 g/mol. The molecule has 0 bridgehead atoms. The maximum Gasteiger partial charge on any atom is 0.213 e. The van der Waals surface area contributed by atoms with E-state index in [1.165, 1.54) is 5.56 Å². The van der Waals surface area contributed by atoms with Gasteiger partial charge in [0, 0.05) is 32.5 Å². The molecule has 0 amide bonds. The number of methoxy groups -OCH3 is 1. The maximum atomic E-state index is 5.48. The molecule has 2 rings (SSSR count). The van der Waals surface area contributed by atoms with E-state index in [-0.39, 0.29) is 24.0 Å². The van der Waals surface area contributed by atoms with Crippen LogP contribution in [0.25, 0.3) is 0 Å². The van der Waals surface area contributed by atoms with Crippen LogP contribution >= 0.6 is 24.0 Å². The summed E-state index contributed by atoms with van der Waals surface area (Å²) in [5, 5.41) is 6.70. The largest absolute Gasteiger partial charge is 0.475 e. The molecule has 0 aliphatic heterocycles. The molecule has 0 fully saturated rings. The highest BCUT2D eigenvalue weighted by Crippen LogP contribution is 2.13. The molecule has 6 nitrogen and oxygen atoms in total. The van der Waals surface area contributed by atoms with Crippen molar-refractivity contribution in [3.63, 3.8) is 0 Å². The molecule has 0 radical (unpaired) electrons. The van der Waals surface area contributed by atoms with Crippen molar-refractivity contribution in [2.45, 2.75) is 26.3 Å². The Morgan fingerprint density at radius 2 is 1.89 bits per heavy atom. The summed E-state index contributed by atoms with van der Waals surface area (Å²) in [4.78, 5) is 8.95. The molecule has 1 heterocycles. The van der Waals surface area contributed by atoms with Crippen LogP contribution in [0, 0.1) is 0 Å². The quantitative estimate of drug-likeness (QED) is 0.227. The number of pyridine rings is 1. The average Bonchev–Trinajstić information content (AvgIpc) is 2.71. The van der Waals surface area contributed by atoms with Gasteiger partial charge in [-0.1, -0.05) is 43.3 Å². The fourth-order valence-electron chi connectivity index (χ4n) is 2.48. The standard InChI is InChI=1S/C21H30N4O2.HI/c1-4-22-21(24-14-17(2)19-8-6-5-7-9-19)25-16-18-10-11-20(23-15-18)27-13-12-26-3;/h5-11,15,17H,4,12-14,16H2,1-3H3,(H2,22,24,25);1H. The predicted octanol–water partition coefficient (Wildman–Crippen LogP) is 3.58. The summed E-state index contributed by atoms with van der Waals surface area (Å²) < 4.78 is 10.4. The van der Waals surface area contributed by atoms with E-state index >= 15 is 0 Å². The van der Waals surface area contributed by atoms with Crippen molar-refractivity contribution in [2.75, 3.05) is 33.4 Å². The summed E-state index contributed by atoms with van der Waals surface area (Å²) in [6, 6.07) is 14.3. The summed E-state index contributed by atoms with van der Waals surface area (Å²) >= 11 is 0. The Hall–Kier alpha value is -1.87. The van der Waals surface area contributed by atoms with Gasteiger partial charge in [0.1, 0.15) is 6.61 Å². The molecule has 1 unspecified atom stereocenters. The Morgan fingerprint density at radius 1 is 1.11 bits per heavy atom. The van der Waals surface area contributed by atoms with Crippen molar-refractivity contribution >= 4 is 29.9 Å².